The van der Waals surface area contributed by atoms with E-state index < -0.39 is 0 Å². The third-order valence-corrected chi connectivity index (χ3v) is 5.97. The Labute approximate surface area is 122 Å². The highest BCUT2D eigenvalue weighted by atomic mass is 16.2. The van der Waals surface area contributed by atoms with Gasteiger partial charge in [0.15, 0.2) is 0 Å². The second-order valence-corrected chi connectivity index (χ2v) is 7.49. The van der Waals surface area contributed by atoms with Crippen molar-refractivity contribution in [3.8, 4) is 0 Å². The molecule has 0 aromatic heterocycles. The minimum Gasteiger partial charge on any atom is -0.339 e. The molecule has 20 heavy (non-hydrogen) atoms. The number of fused-ring (bicyclic) bond motifs is 1. The van der Waals surface area contributed by atoms with Crippen LogP contribution in [0.2, 0.25) is 0 Å². The third kappa shape index (κ3) is 2.37. The maximum Gasteiger partial charge on any atom is 0.237 e. The first-order chi connectivity index (χ1) is 9.50. The van der Waals surface area contributed by atoms with Crippen LogP contribution in [0.4, 0.5) is 0 Å². The van der Waals surface area contributed by atoms with Gasteiger partial charge in [-0.2, -0.15) is 0 Å². The molecule has 0 saturated carbocycles. The molecule has 3 atom stereocenters. The lowest BCUT2D eigenvalue weighted by Crippen LogP contribution is -2.51. The van der Waals surface area contributed by atoms with Gasteiger partial charge in [0, 0.05) is 31.2 Å². The zero-order valence-corrected chi connectivity index (χ0v) is 13.2. The van der Waals surface area contributed by atoms with E-state index in [0.29, 0.717) is 24.4 Å². The molecule has 4 heteroatoms. The summed E-state index contributed by atoms with van der Waals surface area (Å²) in [5.74, 6) is 1.78. The number of nitrogens with one attached hydrogen (secondary N) is 1. The first kappa shape index (κ1) is 14.3. The van der Waals surface area contributed by atoms with Crippen LogP contribution in [0.15, 0.2) is 0 Å². The lowest BCUT2D eigenvalue weighted by atomic mass is 9.85. The van der Waals surface area contributed by atoms with Gasteiger partial charge in [0.2, 0.25) is 5.91 Å². The van der Waals surface area contributed by atoms with Crippen molar-refractivity contribution in [3.63, 3.8) is 0 Å². The summed E-state index contributed by atoms with van der Waals surface area (Å²) in [4.78, 5) is 17.2. The van der Waals surface area contributed by atoms with Crippen LogP contribution in [-0.4, -0.2) is 60.0 Å². The predicted octanol–water partition coefficient (Wildman–Crippen LogP) is 1.32. The average molecular weight is 279 g/mol. The van der Waals surface area contributed by atoms with E-state index in [1.807, 2.05) is 0 Å². The molecule has 3 fully saturated rings. The van der Waals surface area contributed by atoms with E-state index in [1.54, 1.807) is 0 Å². The highest BCUT2D eigenvalue weighted by Crippen LogP contribution is 2.40. The Morgan fingerprint density at radius 2 is 2.10 bits per heavy atom. The van der Waals surface area contributed by atoms with Crippen LogP contribution in [0.1, 0.15) is 40.0 Å². The van der Waals surface area contributed by atoms with Gasteiger partial charge in [-0.25, -0.2) is 0 Å². The van der Waals surface area contributed by atoms with E-state index in [0.717, 1.165) is 32.1 Å². The second kappa shape index (κ2) is 5.30. The Morgan fingerprint density at radius 1 is 1.30 bits per heavy atom. The number of rotatable bonds is 2. The molecule has 3 aliphatic rings. The van der Waals surface area contributed by atoms with Crippen LogP contribution in [0.3, 0.4) is 0 Å². The molecule has 0 spiro atoms. The SMILES string of the molecule is CC1CCCCN1C(=O)CN1CC2CNCC2C1(C)C. The van der Waals surface area contributed by atoms with E-state index in [1.165, 1.54) is 19.3 Å². The van der Waals surface area contributed by atoms with E-state index >= 15 is 0 Å². The van der Waals surface area contributed by atoms with Crippen molar-refractivity contribution in [2.45, 2.75) is 51.6 Å². The number of hydrogen-bond acceptors (Lipinski definition) is 3. The molecular weight excluding hydrogens is 250 g/mol. The van der Waals surface area contributed by atoms with Crippen LogP contribution >= 0.6 is 0 Å². The number of piperidine rings is 1. The van der Waals surface area contributed by atoms with Crippen LogP contribution in [0, 0.1) is 11.8 Å². The van der Waals surface area contributed by atoms with Crippen molar-refractivity contribution in [3.05, 3.63) is 0 Å². The summed E-state index contributed by atoms with van der Waals surface area (Å²) in [5.41, 5.74) is 0.156. The zero-order valence-electron chi connectivity index (χ0n) is 13.2. The molecule has 3 saturated heterocycles. The van der Waals surface area contributed by atoms with Gasteiger partial charge in [-0.1, -0.05) is 0 Å². The standard InChI is InChI=1S/C16H29N3O/c1-12-6-4-5-7-19(12)15(20)11-18-10-13-8-17-9-14(13)16(18,2)3/h12-14,17H,4-11H2,1-3H3. The normalized spacial score (nSPS) is 37.1. The largest absolute Gasteiger partial charge is 0.339 e. The second-order valence-electron chi connectivity index (χ2n) is 7.49. The first-order valence-corrected chi connectivity index (χ1v) is 8.25. The Kier molecular flexibility index (Phi) is 3.80. The number of nitrogens with zero attached hydrogens (tertiary/aromatic N) is 2. The molecule has 3 rings (SSSR count). The summed E-state index contributed by atoms with van der Waals surface area (Å²) < 4.78 is 0. The molecular formula is C16H29N3O. The molecule has 114 valence electrons. The Bertz CT molecular complexity index is 382. The summed E-state index contributed by atoms with van der Waals surface area (Å²) >= 11 is 0. The van der Waals surface area contributed by atoms with Crippen molar-refractivity contribution in [2.75, 3.05) is 32.7 Å². The summed E-state index contributed by atoms with van der Waals surface area (Å²) in [6.07, 6.45) is 3.62. The van der Waals surface area contributed by atoms with Gasteiger partial charge in [0.1, 0.15) is 0 Å². The molecule has 0 aromatic rings. The maximum atomic E-state index is 12.6. The van der Waals surface area contributed by atoms with Gasteiger partial charge in [-0.05, 0) is 58.4 Å². The molecule has 4 nitrogen and oxygen atoms in total. The minimum absolute atomic E-state index is 0.156. The van der Waals surface area contributed by atoms with Gasteiger partial charge in [-0.3, -0.25) is 9.69 Å². The van der Waals surface area contributed by atoms with Gasteiger partial charge in [0.05, 0.1) is 6.54 Å². The molecule has 3 unspecified atom stereocenters. The zero-order chi connectivity index (χ0) is 14.3. The average Bonchev–Trinajstić information content (AvgIpc) is 2.94. The van der Waals surface area contributed by atoms with E-state index in [2.05, 4.69) is 35.9 Å². The van der Waals surface area contributed by atoms with E-state index in [-0.39, 0.29) is 5.54 Å². The van der Waals surface area contributed by atoms with E-state index in [4.69, 9.17) is 0 Å². The van der Waals surface area contributed by atoms with Crippen LogP contribution in [0.25, 0.3) is 0 Å². The Morgan fingerprint density at radius 3 is 2.80 bits per heavy atom. The fourth-order valence-corrected chi connectivity index (χ4v) is 4.50. The summed E-state index contributed by atoms with van der Waals surface area (Å²) in [6, 6.07) is 0.433. The van der Waals surface area contributed by atoms with Crippen LogP contribution < -0.4 is 5.32 Å². The number of likely N-dealkylation sites (tertiary alicyclic amines) is 2. The third-order valence-electron chi connectivity index (χ3n) is 5.97. The molecule has 0 bridgehead atoms. The number of carbonyl (C=O) groups excluding carboxylic acids is 1. The highest BCUT2D eigenvalue weighted by molar-refractivity contribution is 5.78. The molecule has 3 heterocycles. The molecule has 3 aliphatic heterocycles. The number of amides is 1. The van der Waals surface area contributed by atoms with Gasteiger partial charge >= 0.3 is 0 Å². The fraction of sp³-hybridized carbons (Fsp3) is 0.938. The summed E-state index contributed by atoms with van der Waals surface area (Å²) in [5, 5.41) is 3.50. The molecule has 0 aliphatic carbocycles. The molecule has 0 aromatic carbocycles. The number of hydrogen-bond donors (Lipinski definition) is 1. The number of carbonyl (C=O) groups is 1. The van der Waals surface area contributed by atoms with Gasteiger partial charge in [-0.15, -0.1) is 0 Å². The molecule has 1 amide bonds. The first-order valence-electron chi connectivity index (χ1n) is 8.25. The van der Waals surface area contributed by atoms with Crippen molar-refractivity contribution in [1.82, 2.24) is 15.1 Å². The monoisotopic (exact) mass is 279 g/mol. The summed E-state index contributed by atoms with van der Waals surface area (Å²) in [6.45, 7) is 11.7. The maximum absolute atomic E-state index is 12.6. The van der Waals surface area contributed by atoms with Crippen LogP contribution in [-0.2, 0) is 4.79 Å². The smallest absolute Gasteiger partial charge is 0.237 e. The van der Waals surface area contributed by atoms with Crippen molar-refractivity contribution in [2.24, 2.45) is 11.8 Å². The summed E-state index contributed by atoms with van der Waals surface area (Å²) in [7, 11) is 0. The topological polar surface area (TPSA) is 35.6 Å². The predicted molar refractivity (Wildman–Crippen MR) is 80.5 cm³/mol. The Balaban J connectivity index is 1.64. The Hall–Kier alpha value is -0.610. The molecule has 1 N–H and O–H groups in total. The van der Waals surface area contributed by atoms with E-state index in [9.17, 15) is 4.79 Å². The van der Waals surface area contributed by atoms with Gasteiger partial charge in [0.25, 0.3) is 0 Å². The lowest BCUT2D eigenvalue weighted by Gasteiger charge is -2.39. The molecule has 0 radical (unpaired) electrons. The van der Waals surface area contributed by atoms with Crippen molar-refractivity contribution >= 4 is 5.91 Å². The van der Waals surface area contributed by atoms with Crippen LogP contribution in [0.5, 0.6) is 0 Å². The lowest BCUT2D eigenvalue weighted by molar-refractivity contribution is -0.136. The highest BCUT2D eigenvalue weighted by Gasteiger charge is 2.50. The van der Waals surface area contributed by atoms with Gasteiger partial charge < -0.3 is 10.2 Å². The minimum atomic E-state index is 0.156. The fourth-order valence-electron chi connectivity index (χ4n) is 4.50. The van der Waals surface area contributed by atoms with Crippen molar-refractivity contribution < 1.29 is 4.79 Å². The van der Waals surface area contributed by atoms with Crippen molar-refractivity contribution in [1.29, 1.82) is 0 Å². The quantitative estimate of drug-likeness (QED) is 0.828.